The van der Waals surface area contributed by atoms with Crippen molar-refractivity contribution in [2.45, 2.75) is 24.2 Å². The normalized spacial score (nSPS) is 28.0. The van der Waals surface area contributed by atoms with Crippen molar-refractivity contribution in [2.24, 2.45) is 22.9 Å². The molecule has 2 aliphatic carbocycles. The highest BCUT2D eigenvalue weighted by atomic mass is 79.9. The van der Waals surface area contributed by atoms with Crippen LogP contribution in [0, 0.1) is 17.8 Å². The summed E-state index contributed by atoms with van der Waals surface area (Å²) >= 11 is 3.26. The summed E-state index contributed by atoms with van der Waals surface area (Å²) in [7, 11) is -3.73. The van der Waals surface area contributed by atoms with E-state index in [1.807, 2.05) is 0 Å². The number of rotatable bonds is 3. The topological polar surface area (TPSA) is 89.3 Å². The molecule has 0 aromatic heterocycles. The van der Waals surface area contributed by atoms with Crippen LogP contribution >= 0.6 is 15.9 Å². The van der Waals surface area contributed by atoms with Gasteiger partial charge in [0.25, 0.3) is 0 Å². The third kappa shape index (κ3) is 2.49. The molecule has 2 unspecified atom stereocenters. The minimum atomic E-state index is -3.73. The molecule has 2 atom stereocenters. The van der Waals surface area contributed by atoms with Crippen LogP contribution in [0.3, 0.4) is 0 Å². The number of hydrogen-bond acceptors (Lipinski definition) is 3. The van der Waals surface area contributed by atoms with Crippen molar-refractivity contribution in [2.75, 3.05) is 5.32 Å². The van der Waals surface area contributed by atoms with Gasteiger partial charge >= 0.3 is 0 Å². The molecular formula is C13H15BrN2O3S. The highest BCUT2D eigenvalue weighted by Crippen LogP contribution is 2.57. The number of primary sulfonamides is 1. The first-order valence-electron chi connectivity index (χ1n) is 6.51. The fraction of sp³-hybridized carbons (Fsp3) is 0.462. The lowest BCUT2D eigenvalue weighted by Gasteiger charge is -2.09. The maximum Gasteiger partial charge on any atom is 0.238 e. The van der Waals surface area contributed by atoms with Crippen LogP contribution in [0.25, 0.3) is 0 Å². The van der Waals surface area contributed by atoms with E-state index in [0.29, 0.717) is 22.0 Å². The Labute approximate surface area is 126 Å². The Morgan fingerprint density at radius 2 is 1.95 bits per heavy atom. The van der Waals surface area contributed by atoms with E-state index in [4.69, 9.17) is 5.14 Å². The second kappa shape index (κ2) is 4.82. The first-order valence-corrected chi connectivity index (χ1v) is 8.85. The van der Waals surface area contributed by atoms with Crippen molar-refractivity contribution in [3.05, 3.63) is 22.7 Å². The first-order chi connectivity index (χ1) is 9.38. The number of benzene rings is 1. The summed E-state index contributed by atoms with van der Waals surface area (Å²) in [4.78, 5) is 12.2. The molecule has 5 nitrogen and oxygen atoms in total. The molecule has 2 aliphatic rings. The molecule has 2 saturated carbocycles. The third-order valence-corrected chi connectivity index (χ3v) is 5.80. The van der Waals surface area contributed by atoms with Crippen molar-refractivity contribution in [1.82, 2.24) is 0 Å². The average Bonchev–Trinajstić information content (AvgIpc) is 2.84. The molecule has 108 valence electrons. The molecule has 1 aromatic carbocycles. The summed E-state index contributed by atoms with van der Waals surface area (Å²) in [5.41, 5.74) is 0.576. The van der Waals surface area contributed by atoms with Gasteiger partial charge < -0.3 is 5.32 Å². The van der Waals surface area contributed by atoms with Crippen molar-refractivity contribution >= 4 is 37.5 Å². The highest BCUT2D eigenvalue weighted by Gasteiger charge is 2.56. The predicted octanol–water partition coefficient (Wildman–Crippen LogP) is 2.08. The average molecular weight is 359 g/mol. The standard InChI is InChI=1S/C13H15BrN2O3S/c14-10-6-7(20(15,18)19)4-5-11(10)16-13(17)12-8-2-1-3-9(8)12/h4-6,8-9,12H,1-3H2,(H,16,17)(H2,15,18,19). The predicted molar refractivity (Wildman–Crippen MR) is 78.5 cm³/mol. The smallest absolute Gasteiger partial charge is 0.238 e. The number of carbonyl (C=O) groups excluding carboxylic acids is 1. The molecule has 0 spiro atoms. The number of sulfonamides is 1. The van der Waals surface area contributed by atoms with Crippen LogP contribution in [0.5, 0.6) is 0 Å². The Kier molecular flexibility index (Phi) is 3.38. The number of hydrogen-bond donors (Lipinski definition) is 2. The number of nitrogens with one attached hydrogen (secondary N) is 1. The summed E-state index contributed by atoms with van der Waals surface area (Å²) in [5, 5.41) is 7.92. The largest absolute Gasteiger partial charge is 0.325 e. The van der Waals surface area contributed by atoms with Gasteiger partial charge in [0.2, 0.25) is 15.9 Å². The number of amides is 1. The van der Waals surface area contributed by atoms with Crippen molar-refractivity contribution < 1.29 is 13.2 Å². The van der Waals surface area contributed by atoms with E-state index in [9.17, 15) is 13.2 Å². The second-order valence-corrected chi connectivity index (χ2v) is 7.88. The van der Waals surface area contributed by atoms with E-state index in [1.165, 1.54) is 18.6 Å². The maximum atomic E-state index is 12.1. The molecule has 20 heavy (non-hydrogen) atoms. The molecule has 0 bridgehead atoms. The van der Waals surface area contributed by atoms with E-state index in [2.05, 4.69) is 21.2 Å². The zero-order valence-electron chi connectivity index (χ0n) is 10.7. The molecule has 0 radical (unpaired) electrons. The summed E-state index contributed by atoms with van der Waals surface area (Å²) in [5.74, 6) is 1.27. The van der Waals surface area contributed by atoms with Crippen molar-refractivity contribution in [3.8, 4) is 0 Å². The molecule has 1 aromatic rings. The van der Waals surface area contributed by atoms with Gasteiger partial charge in [-0.05, 0) is 58.8 Å². The van der Waals surface area contributed by atoms with Crippen molar-refractivity contribution in [1.29, 1.82) is 0 Å². The Balaban J connectivity index is 1.73. The Morgan fingerprint density at radius 3 is 2.50 bits per heavy atom. The summed E-state index contributed by atoms with van der Waals surface area (Å²) in [6.07, 6.45) is 3.52. The molecule has 2 fully saturated rings. The van der Waals surface area contributed by atoms with Crippen LogP contribution in [0.1, 0.15) is 19.3 Å². The monoisotopic (exact) mass is 358 g/mol. The lowest BCUT2D eigenvalue weighted by molar-refractivity contribution is -0.118. The van der Waals surface area contributed by atoms with Crippen LogP contribution in [-0.4, -0.2) is 14.3 Å². The molecule has 1 amide bonds. The zero-order chi connectivity index (χ0) is 14.5. The minimum absolute atomic E-state index is 0.0191. The molecule has 3 N–H and O–H groups in total. The first kappa shape index (κ1) is 14.0. The molecular weight excluding hydrogens is 344 g/mol. The summed E-state index contributed by atoms with van der Waals surface area (Å²) in [6.45, 7) is 0. The maximum absolute atomic E-state index is 12.1. The van der Waals surface area contributed by atoms with Crippen LogP contribution < -0.4 is 10.5 Å². The van der Waals surface area contributed by atoms with E-state index < -0.39 is 10.0 Å². The van der Waals surface area contributed by atoms with E-state index in [0.717, 1.165) is 12.8 Å². The number of fused-ring (bicyclic) bond motifs is 1. The molecule has 3 rings (SSSR count). The molecule has 7 heteroatoms. The van der Waals surface area contributed by atoms with E-state index >= 15 is 0 Å². The fourth-order valence-corrected chi connectivity index (χ4v) is 4.37. The summed E-state index contributed by atoms with van der Waals surface area (Å²) in [6, 6.07) is 4.35. The number of nitrogens with two attached hydrogens (primary N) is 1. The van der Waals surface area contributed by atoms with Gasteiger partial charge in [0, 0.05) is 10.4 Å². The Hall–Kier alpha value is -0.920. The highest BCUT2D eigenvalue weighted by molar-refractivity contribution is 9.10. The van der Waals surface area contributed by atoms with Gasteiger partial charge in [0.05, 0.1) is 10.6 Å². The zero-order valence-corrected chi connectivity index (χ0v) is 13.1. The SMILES string of the molecule is NS(=O)(=O)c1ccc(NC(=O)C2C3CCCC32)c(Br)c1. The van der Waals surface area contributed by atoms with Gasteiger partial charge in [-0.15, -0.1) is 0 Å². The quantitative estimate of drug-likeness (QED) is 0.866. The second-order valence-electron chi connectivity index (χ2n) is 5.46. The Bertz CT molecular complexity index is 664. The van der Waals surface area contributed by atoms with Crippen LogP contribution in [0.15, 0.2) is 27.6 Å². The van der Waals surface area contributed by atoms with Crippen LogP contribution in [0.4, 0.5) is 5.69 Å². The number of anilines is 1. The van der Waals surface area contributed by atoms with Crippen LogP contribution in [-0.2, 0) is 14.8 Å². The van der Waals surface area contributed by atoms with E-state index in [-0.39, 0.29) is 16.7 Å². The van der Waals surface area contributed by atoms with Gasteiger partial charge in [-0.1, -0.05) is 6.42 Å². The lowest BCUT2D eigenvalue weighted by atomic mass is 10.1. The Morgan fingerprint density at radius 1 is 1.30 bits per heavy atom. The van der Waals surface area contributed by atoms with Gasteiger partial charge in [-0.3, -0.25) is 4.79 Å². The summed E-state index contributed by atoms with van der Waals surface area (Å²) < 4.78 is 23.0. The lowest BCUT2D eigenvalue weighted by Crippen LogP contribution is -2.17. The number of halogens is 1. The van der Waals surface area contributed by atoms with Gasteiger partial charge in [0.1, 0.15) is 0 Å². The third-order valence-electron chi connectivity index (χ3n) is 4.24. The molecule has 0 heterocycles. The van der Waals surface area contributed by atoms with Crippen LogP contribution in [0.2, 0.25) is 0 Å². The fourth-order valence-electron chi connectivity index (χ4n) is 3.20. The van der Waals surface area contributed by atoms with Gasteiger partial charge in [-0.25, -0.2) is 13.6 Å². The molecule has 0 aliphatic heterocycles. The number of carbonyl (C=O) groups is 1. The minimum Gasteiger partial charge on any atom is -0.325 e. The molecule has 0 saturated heterocycles. The van der Waals surface area contributed by atoms with E-state index in [1.54, 1.807) is 6.07 Å². The van der Waals surface area contributed by atoms with Crippen molar-refractivity contribution in [3.63, 3.8) is 0 Å². The van der Waals surface area contributed by atoms with Gasteiger partial charge in [-0.2, -0.15) is 0 Å². The van der Waals surface area contributed by atoms with Gasteiger partial charge in [0.15, 0.2) is 0 Å².